The van der Waals surface area contributed by atoms with Gasteiger partial charge in [0, 0.05) is 37.6 Å². The molecule has 0 aliphatic rings. The van der Waals surface area contributed by atoms with E-state index in [2.05, 4.69) is 14.9 Å². The molecular formula is C17H17N3O2. The zero-order valence-corrected chi connectivity index (χ0v) is 12.3. The van der Waals surface area contributed by atoms with Crippen LogP contribution in [-0.2, 0) is 11.3 Å². The Morgan fingerprint density at radius 3 is 2.95 bits per heavy atom. The molecule has 0 unspecified atom stereocenters. The fourth-order valence-corrected chi connectivity index (χ4v) is 2.41. The number of aromatic nitrogens is 2. The van der Waals surface area contributed by atoms with E-state index in [1.807, 2.05) is 30.5 Å². The molecule has 3 aromatic rings. The Morgan fingerprint density at radius 1 is 1.27 bits per heavy atom. The number of benzene rings is 1. The van der Waals surface area contributed by atoms with E-state index >= 15 is 0 Å². The second kappa shape index (κ2) is 6.41. The molecule has 0 saturated carbocycles. The van der Waals surface area contributed by atoms with Crippen molar-refractivity contribution in [1.82, 2.24) is 9.55 Å². The lowest BCUT2D eigenvalue weighted by Gasteiger charge is -2.08. The minimum Gasteiger partial charge on any atom is -0.383 e. The third kappa shape index (κ3) is 2.84. The molecule has 0 fully saturated rings. The van der Waals surface area contributed by atoms with Gasteiger partial charge < -0.3 is 14.6 Å². The Labute approximate surface area is 128 Å². The molecule has 112 valence electrons. The zero-order valence-electron chi connectivity index (χ0n) is 12.3. The van der Waals surface area contributed by atoms with Crippen LogP contribution in [0.1, 0.15) is 10.4 Å². The Balaban J connectivity index is 1.88. The average molecular weight is 295 g/mol. The molecular weight excluding hydrogens is 278 g/mol. The first-order chi connectivity index (χ1) is 10.8. The van der Waals surface area contributed by atoms with Crippen molar-refractivity contribution in [2.45, 2.75) is 6.54 Å². The first kappa shape index (κ1) is 14.3. The number of hydrogen-bond donors (Lipinski definition) is 1. The van der Waals surface area contributed by atoms with Gasteiger partial charge >= 0.3 is 0 Å². The van der Waals surface area contributed by atoms with Crippen LogP contribution in [0.2, 0.25) is 0 Å². The van der Waals surface area contributed by atoms with Crippen LogP contribution in [0, 0.1) is 0 Å². The summed E-state index contributed by atoms with van der Waals surface area (Å²) < 4.78 is 7.23. The summed E-state index contributed by atoms with van der Waals surface area (Å²) in [6, 6.07) is 11.4. The van der Waals surface area contributed by atoms with Gasteiger partial charge in [-0.1, -0.05) is 6.07 Å². The maximum atomic E-state index is 12.3. The lowest BCUT2D eigenvalue weighted by atomic mass is 10.2. The summed E-state index contributed by atoms with van der Waals surface area (Å²) in [5, 5.41) is 3.96. The van der Waals surface area contributed by atoms with Gasteiger partial charge in [0.25, 0.3) is 5.91 Å². The van der Waals surface area contributed by atoms with E-state index in [-0.39, 0.29) is 5.91 Å². The number of fused-ring (bicyclic) bond motifs is 1. The number of nitrogens with zero attached hydrogens (tertiary/aromatic N) is 2. The number of carbonyl (C=O) groups is 1. The topological polar surface area (TPSA) is 56.1 Å². The molecule has 2 heterocycles. The predicted molar refractivity (Wildman–Crippen MR) is 86.0 cm³/mol. The van der Waals surface area contributed by atoms with Crippen molar-refractivity contribution in [2.24, 2.45) is 0 Å². The molecule has 0 aliphatic heterocycles. The van der Waals surface area contributed by atoms with E-state index in [1.54, 1.807) is 31.6 Å². The van der Waals surface area contributed by atoms with Crippen LogP contribution in [0.15, 0.2) is 55.0 Å². The van der Waals surface area contributed by atoms with E-state index in [0.717, 1.165) is 23.1 Å². The molecule has 0 spiro atoms. The number of nitrogens with one attached hydrogen (secondary N) is 1. The van der Waals surface area contributed by atoms with Gasteiger partial charge in [0.1, 0.15) is 0 Å². The molecule has 3 rings (SSSR count). The summed E-state index contributed by atoms with van der Waals surface area (Å²) in [6.07, 6.45) is 5.20. The number of pyridine rings is 1. The van der Waals surface area contributed by atoms with Crippen LogP contribution in [0.3, 0.4) is 0 Å². The molecule has 1 amide bonds. The van der Waals surface area contributed by atoms with Crippen molar-refractivity contribution >= 4 is 22.5 Å². The van der Waals surface area contributed by atoms with Crippen LogP contribution in [0.4, 0.5) is 5.69 Å². The van der Waals surface area contributed by atoms with Gasteiger partial charge in [-0.05, 0) is 30.3 Å². The molecule has 0 aliphatic carbocycles. The SMILES string of the molecule is COCCn1ccc2c(NC(=O)c3cccnc3)cccc21. The van der Waals surface area contributed by atoms with Crippen LogP contribution >= 0.6 is 0 Å². The molecule has 0 saturated heterocycles. The lowest BCUT2D eigenvalue weighted by Crippen LogP contribution is -2.12. The smallest absolute Gasteiger partial charge is 0.257 e. The predicted octanol–water partition coefficient (Wildman–Crippen LogP) is 2.94. The van der Waals surface area contributed by atoms with Gasteiger partial charge in [0.05, 0.1) is 23.4 Å². The van der Waals surface area contributed by atoms with Crippen LogP contribution in [-0.4, -0.2) is 29.2 Å². The van der Waals surface area contributed by atoms with E-state index in [9.17, 15) is 4.79 Å². The van der Waals surface area contributed by atoms with Crippen molar-refractivity contribution in [3.63, 3.8) is 0 Å². The number of ether oxygens (including phenoxy) is 1. The second-order valence-corrected chi connectivity index (χ2v) is 4.94. The van der Waals surface area contributed by atoms with Gasteiger partial charge in [0.15, 0.2) is 0 Å². The molecule has 1 aromatic carbocycles. The fraction of sp³-hybridized carbons (Fsp3) is 0.176. The highest BCUT2D eigenvalue weighted by Gasteiger charge is 2.10. The van der Waals surface area contributed by atoms with Gasteiger partial charge in [-0.25, -0.2) is 0 Å². The minimum absolute atomic E-state index is 0.162. The summed E-state index contributed by atoms with van der Waals surface area (Å²) in [5.74, 6) is -0.162. The molecule has 0 radical (unpaired) electrons. The van der Waals surface area contributed by atoms with E-state index in [1.165, 1.54) is 0 Å². The van der Waals surface area contributed by atoms with E-state index in [4.69, 9.17) is 4.74 Å². The number of amides is 1. The highest BCUT2D eigenvalue weighted by Crippen LogP contribution is 2.25. The quantitative estimate of drug-likeness (QED) is 0.787. The van der Waals surface area contributed by atoms with Crippen molar-refractivity contribution in [3.8, 4) is 0 Å². The highest BCUT2D eigenvalue weighted by atomic mass is 16.5. The Morgan fingerprint density at radius 2 is 2.18 bits per heavy atom. The largest absolute Gasteiger partial charge is 0.383 e. The molecule has 1 N–H and O–H groups in total. The molecule has 0 bridgehead atoms. The van der Waals surface area contributed by atoms with Crippen molar-refractivity contribution in [3.05, 3.63) is 60.6 Å². The number of hydrogen-bond acceptors (Lipinski definition) is 3. The van der Waals surface area contributed by atoms with Crippen LogP contribution in [0.25, 0.3) is 10.9 Å². The number of methoxy groups -OCH3 is 1. The minimum atomic E-state index is -0.162. The van der Waals surface area contributed by atoms with E-state index in [0.29, 0.717) is 12.2 Å². The van der Waals surface area contributed by atoms with Gasteiger partial charge in [-0.2, -0.15) is 0 Å². The lowest BCUT2D eigenvalue weighted by molar-refractivity contribution is 0.102. The number of rotatable bonds is 5. The van der Waals surface area contributed by atoms with Gasteiger partial charge in [-0.15, -0.1) is 0 Å². The number of anilines is 1. The maximum Gasteiger partial charge on any atom is 0.257 e. The monoisotopic (exact) mass is 295 g/mol. The molecule has 5 nitrogen and oxygen atoms in total. The third-order valence-electron chi connectivity index (χ3n) is 3.52. The standard InChI is InChI=1S/C17H17N3O2/c1-22-11-10-20-9-7-14-15(5-2-6-16(14)20)19-17(21)13-4-3-8-18-12-13/h2-9,12H,10-11H2,1H3,(H,19,21). The van der Waals surface area contributed by atoms with Gasteiger partial charge in [0.2, 0.25) is 0 Å². The molecule has 22 heavy (non-hydrogen) atoms. The summed E-state index contributed by atoms with van der Waals surface area (Å²) in [5.41, 5.74) is 2.40. The average Bonchev–Trinajstić information content (AvgIpc) is 2.98. The van der Waals surface area contributed by atoms with Crippen molar-refractivity contribution in [1.29, 1.82) is 0 Å². The Bertz CT molecular complexity index is 781. The van der Waals surface area contributed by atoms with Gasteiger partial charge in [-0.3, -0.25) is 9.78 Å². The zero-order chi connectivity index (χ0) is 15.4. The fourth-order valence-electron chi connectivity index (χ4n) is 2.41. The van der Waals surface area contributed by atoms with Crippen LogP contribution < -0.4 is 5.32 Å². The first-order valence-corrected chi connectivity index (χ1v) is 7.08. The molecule has 5 heteroatoms. The first-order valence-electron chi connectivity index (χ1n) is 7.08. The summed E-state index contributed by atoms with van der Waals surface area (Å²) in [7, 11) is 1.69. The second-order valence-electron chi connectivity index (χ2n) is 4.94. The Kier molecular flexibility index (Phi) is 4.16. The third-order valence-corrected chi connectivity index (χ3v) is 3.52. The normalized spacial score (nSPS) is 10.8. The highest BCUT2D eigenvalue weighted by molar-refractivity contribution is 6.08. The summed E-state index contributed by atoms with van der Waals surface area (Å²) in [4.78, 5) is 16.2. The number of carbonyl (C=O) groups excluding carboxylic acids is 1. The van der Waals surface area contributed by atoms with E-state index < -0.39 is 0 Å². The molecule has 2 aromatic heterocycles. The van der Waals surface area contributed by atoms with Crippen molar-refractivity contribution in [2.75, 3.05) is 19.0 Å². The van der Waals surface area contributed by atoms with Crippen molar-refractivity contribution < 1.29 is 9.53 Å². The van der Waals surface area contributed by atoms with Crippen LogP contribution in [0.5, 0.6) is 0 Å². The summed E-state index contributed by atoms with van der Waals surface area (Å²) in [6.45, 7) is 1.43. The summed E-state index contributed by atoms with van der Waals surface area (Å²) >= 11 is 0. The Hall–Kier alpha value is -2.66. The molecule has 0 atom stereocenters. The maximum absolute atomic E-state index is 12.3.